The van der Waals surface area contributed by atoms with E-state index in [4.69, 9.17) is 11.6 Å². The molecule has 0 aliphatic carbocycles. The molecule has 3 heteroatoms. The zero-order valence-electron chi connectivity index (χ0n) is 8.27. The molecular weight excluding hydrogens is 261 g/mol. The van der Waals surface area contributed by atoms with Crippen LogP contribution in [0.3, 0.4) is 0 Å². The molecule has 0 aromatic heterocycles. The molecular formula is C11H13BrClN. The van der Waals surface area contributed by atoms with Crippen LogP contribution in [0.1, 0.15) is 12.5 Å². The molecule has 0 fully saturated rings. The molecule has 1 aromatic carbocycles. The first kappa shape index (κ1) is 11.6. The van der Waals surface area contributed by atoms with Crippen molar-refractivity contribution in [2.24, 2.45) is 0 Å². The van der Waals surface area contributed by atoms with Crippen LogP contribution < -0.4 is 5.32 Å². The second kappa shape index (κ2) is 5.42. The van der Waals surface area contributed by atoms with E-state index < -0.39 is 0 Å². The highest BCUT2D eigenvalue weighted by atomic mass is 79.9. The molecule has 0 spiro atoms. The van der Waals surface area contributed by atoms with Crippen molar-refractivity contribution in [3.05, 3.63) is 39.3 Å². The van der Waals surface area contributed by atoms with Crippen molar-refractivity contribution in [3.8, 4) is 0 Å². The number of hydrogen-bond donors (Lipinski definition) is 1. The van der Waals surface area contributed by atoms with Gasteiger partial charge in [0.15, 0.2) is 0 Å². The van der Waals surface area contributed by atoms with Crippen LogP contribution in [0.25, 0.3) is 0 Å². The zero-order valence-corrected chi connectivity index (χ0v) is 10.6. The third-order valence-electron chi connectivity index (χ3n) is 1.93. The fourth-order valence-corrected chi connectivity index (χ4v) is 1.65. The van der Waals surface area contributed by atoms with Gasteiger partial charge in [-0.2, -0.15) is 0 Å². The van der Waals surface area contributed by atoms with Crippen LogP contribution in [0.15, 0.2) is 33.8 Å². The van der Waals surface area contributed by atoms with Crippen LogP contribution in [0.2, 0.25) is 0 Å². The predicted molar refractivity (Wildman–Crippen MR) is 67.0 cm³/mol. The second-order valence-electron chi connectivity index (χ2n) is 3.27. The topological polar surface area (TPSA) is 12.0 Å². The number of aryl methyl sites for hydroxylation is 1. The molecule has 0 radical (unpaired) electrons. The van der Waals surface area contributed by atoms with Crippen molar-refractivity contribution in [2.75, 3.05) is 11.9 Å². The average Bonchev–Trinajstić information content (AvgIpc) is 2.16. The summed E-state index contributed by atoms with van der Waals surface area (Å²) in [5.41, 5.74) is 5.09. The molecule has 0 bridgehead atoms. The lowest BCUT2D eigenvalue weighted by atomic mass is 10.2. The number of halogens is 2. The summed E-state index contributed by atoms with van der Waals surface area (Å²) in [5, 5.41) is 3.32. The van der Waals surface area contributed by atoms with Crippen LogP contribution >= 0.6 is 27.5 Å². The quantitative estimate of drug-likeness (QED) is 0.866. The monoisotopic (exact) mass is 273 g/mol. The van der Waals surface area contributed by atoms with Gasteiger partial charge >= 0.3 is 0 Å². The summed E-state index contributed by atoms with van der Waals surface area (Å²) < 4.78 is 1.10. The van der Waals surface area contributed by atoms with Crippen LogP contribution in [0.5, 0.6) is 0 Å². The van der Waals surface area contributed by atoms with Gasteiger partial charge in [0, 0.05) is 22.2 Å². The fourth-order valence-electron chi connectivity index (χ4n) is 1.10. The summed E-state index contributed by atoms with van der Waals surface area (Å²) in [5.74, 6) is 0. The molecule has 0 aliphatic heterocycles. The van der Waals surface area contributed by atoms with Crippen molar-refractivity contribution < 1.29 is 0 Å². The molecule has 0 atom stereocenters. The van der Waals surface area contributed by atoms with E-state index in [2.05, 4.69) is 40.3 Å². The minimum absolute atomic E-state index is 0.784. The lowest BCUT2D eigenvalue weighted by Gasteiger charge is -2.09. The smallest absolute Gasteiger partial charge is 0.0373 e. The maximum atomic E-state index is 5.57. The molecule has 1 N–H and O–H groups in total. The number of nitrogens with one attached hydrogen (secondary N) is 1. The van der Waals surface area contributed by atoms with Crippen LogP contribution in [-0.4, -0.2) is 6.54 Å². The first-order valence-electron chi connectivity index (χ1n) is 4.39. The van der Waals surface area contributed by atoms with Gasteiger partial charge in [-0.15, -0.1) is 0 Å². The highest BCUT2D eigenvalue weighted by molar-refractivity contribution is 9.10. The molecule has 0 saturated carbocycles. The normalized spacial score (nSPS) is 11.6. The second-order valence-corrected chi connectivity index (χ2v) is 4.40. The number of benzene rings is 1. The Labute approximate surface area is 98.3 Å². The Morgan fingerprint density at radius 3 is 2.86 bits per heavy atom. The molecule has 0 amide bonds. The summed E-state index contributed by atoms with van der Waals surface area (Å²) in [6, 6.07) is 6.16. The number of hydrogen-bond acceptors (Lipinski definition) is 1. The van der Waals surface area contributed by atoms with Crippen LogP contribution in [-0.2, 0) is 0 Å². The number of rotatable bonds is 3. The Hall–Kier alpha value is -0.470. The van der Waals surface area contributed by atoms with Crippen molar-refractivity contribution in [1.82, 2.24) is 0 Å². The largest absolute Gasteiger partial charge is 0.381 e. The van der Waals surface area contributed by atoms with Gasteiger partial charge in [0.1, 0.15) is 0 Å². The summed E-state index contributed by atoms with van der Waals surface area (Å²) >= 11 is 9.00. The van der Waals surface area contributed by atoms with E-state index in [1.165, 1.54) is 5.56 Å². The Kier molecular flexibility index (Phi) is 4.49. The SMILES string of the molecule is C/C(=C/Cl)CNc1ccc(Br)cc1C. The van der Waals surface area contributed by atoms with Crippen molar-refractivity contribution in [3.63, 3.8) is 0 Å². The lowest BCUT2D eigenvalue weighted by Crippen LogP contribution is -2.03. The van der Waals surface area contributed by atoms with Gasteiger partial charge in [-0.3, -0.25) is 0 Å². The Morgan fingerprint density at radius 1 is 1.57 bits per heavy atom. The van der Waals surface area contributed by atoms with Crippen molar-refractivity contribution in [1.29, 1.82) is 0 Å². The van der Waals surface area contributed by atoms with Gasteiger partial charge in [-0.1, -0.05) is 27.5 Å². The van der Waals surface area contributed by atoms with E-state index >= 15 is 0 Å². The van der Waals surface area contributed by atoms with E-state index in [0.29, 0.717) is 0 Å². The Bertz CT molecular complexity index is 347. The zero-order chi connectivity index (χ0) is 10.6. The van der Waals surface area contributed by atoms with Gasteiger partial charge in [-0.25, -0.2) is 0 Å². The van der Waals surface area contributed by atoms with Gasteiger partial charge in [0.2, 0.25) is 0 Å². The van der Waals surface area contributed by atoms with Gasteiger partial charge in [0.25, 0.3) is 0 Å². The van der Waals surface area contributed by atoms with Gasteiger partial charge in [0.05, 0.1) is 0 Å². The van der Waals surface area contributed by atoms with E-state index in [1.54, 1.807) is 5.54 Å². The van der Waals surface area contributed by atoms with Crippen molar-refractivity contribution >= 4 is 33.2 Å². The minimum Gasteiger partial charge on any atom is -0.381 e. The molecule has 1 rings (SSSR count). The summed E-state index contributed by atoms with van der Waals surface area (Å²) in [6.07, 6.45) is 0. The molecule has 76 valence electrons. The van der Waals surface area contributed by atoms with E-state index in [1.807, 2.05) is 13.0 Å². The summed E-state index contributed by atoms with van der Waals surface area (Å²) in [7, 11) is 0. The average molecular weight is 275 g/mol. The molecule has 1 nitrogen and oxygen atoms in total. The highest BCUT2D eigenvalue weighted by Crippen LogP contribution is 2.20. The van der Waals surface area contributed by atoms with Crippen LogP contribution in [0, 0.1) is 6.92 Å². The van der Waals surface area contributed by atoms with E-state index in [9.17, 15) is 0 Å². The first-order valence-corrected chi connectivity index (χ1v) is 5.62. The Morgan fingerprint density at radius 2 is 2.29 bits per heavy atom. The standard InChI is InChI=1S/C11H13BrClN/c1-8(6-13)7-14-11-4-3-10(12)5-9(11)2/h3-6,14H,7H2,1-2H3/b8-6-. The van der Waals surface area contributed by atoms with Gasteiger partial charge in [-0.05, 0) is 43.2 Å². The summed E-state index contributed by atoms with van der Waals surface area (Å²) in [6.45, 7) is 4.85. The molecule has 1 aromatic rings. The Balaban J connectivity index is 2.68. The molecule has 14 heavy (non-hydrogen) atoms. The van der Waals surface area contributed by atoms with Gasteiger partial charge < -0.3 is 5.32 Å². The molecule has 0 aliphatic rings. The molecule has 0 heterocycles. The lowest BCUT2D eigenvalue weighted by molar-refractivity contribution is 1.20. The van der Waals surface area contributed by atoms with E-state index in [-0.39, 0.29) is 0 Å². The van der Waals surface area contributed by atoms with Crippen LogP contribution in [0.4, 0.5) is 5.69 Å². The minimum atomic E-state index is 0.784. The predicted octanol–water partition coefficient (Wildman–Crippen LogP) is 4.31. The maximum absolute atomic E-state index is 5.57. The van der Waals surface area contributed by atoms with Crippen molar-refractivity contribution in [2.45, 2.75) is 13.8 Å². The highest BCUT2D eigenvalue weighted by Gasteiger charge is 1.97. The third-order valence-corrected chi connectivity index (χ3v) is 2.80. The first-order chi connectivity index (χ1) is 6.63. The fraction of sp³-hybridized carbons (Fsp3) is 0.273. The number of anilines is 1. The molecule has 0 saturated heterocycles. The summed E-state index contributed by atoms with van der Waals surface area (Å²) in [4.78, 5) is 0. The molecule has 0 unspecified atom stereocenters. The maximum Gasteiger partial charge on any atom is 0.0373 e. The van der Waals surface area contributed by atoms with E-state index in [0.717, 1.165) is 22.3 Å². The third kappa shape index (κ3) is 3.35.